The van der Waals surface area contributed by atoms with Crippen LogP contribution in [0, 0.1) is 23.2 Å². The van der Waals surface area contributed by atoms with E-state index < -0.39 is 0 Å². The van der Waals surface area contributed by atoms with Crippen molar-refractivity contribution in [2.75, 3.05) is 26.8 Å². The summed E-state index contributed by atoms with van der Waals surface area (Å²) in [6, 6.07) is 7.02. The molecule has 1 aliphatic carbocycles. The SMILES string of the molecule is COc1cc(C#N)ccc1OCC(=O)N1CC[C@H]2CCCC[C@H]2C1. The average molecular weight is 328 g/mol. The van der Waals surface area contributed by atoms with Gasteiger partial charge in [-0.3, -0.25) is 4.79 Å². The molecule has 128 valence electrons. The van der Waals surface area contributed by atoms with E-state index >= 15 is 0 Å². The number of hydrogen-bond donors (Lipinski definition) is 0. The van der Waals surface area contributed by atoms with Crippen LogP contribution in [0.3, 0.4) is 0 Å². The fourth-order valence-corrected chi connectivity index (χ4v) is 3.91. The molecule has 1 saturated carbocycles. The maximum absolute atomic E-state index is 12.5. The highest BCUT2D eigenvalue weighted by atomic mass is 16.5. The lowest BCUT2D eigenvalue weighted by molar-refractivity contribution is -0.136. The summed E-state index contributed by atoms with van der Waals surface area (Å²) in [4.78, 5) is 14.4. The maximum Gasteiger partial charge on any atom is 0.260 e. The van der Waals surface area contributed by atoms with Gasteiger partial charge in [-0.15, -0.1) is 0 Å². The maximum atomic E-state index is 12.5. The van der Waals surface area contributed by atoms with Crippen LogP contribution in [0.25, 0.3) is 0 Å². The molecule has 5 nitrogen and oxygen atoms in total. The van der Waals surface area contributed by atoms with Crippen molar-refractivity contribution in [3.8, 4) is 17.6 Å². The van der Waals surface area contributed by atoms with Crippen LogP contribution in [-0.4, -0.2) is 37.6 Å². The van der Waals surface area contributed by atoms with Crippen molar-refractivity contribution >= 4 is 5.91 Å². The molecule has 0 N–H and O–H groups in total. The third kappa shape index (κ3) is 3.64. The molecule has 3 rings (SSSR count). The Morgan fingerprint density at radius 3 is 2.79 bits per heavy atom. The predicted octanol–water partition coefficient (Wildman–Crippen LogP) is 2.98. The van der Waals surface area contributed by atoms with Crippen LogP contribution in [-0.2, 0) is 4.79 Å². The van der Waals surface area contributed by atoms with Gasteiger partial charge in [0.05, 0.1) is 18.7 Å². The molecule has 1 aromatic carbocycles. The first-order chi connectivity index (χ1) is 11.7. The molecule has 2 atom stereocenters. The van der Waals surface area contributed by atoms with Crippen molar-refractivity contribution < 1.29 is 14.3 Å². The number of nitriles is 1. The number of carbonyl (C=O) groups excluding carboxylic acids is 1. The Hall–Kier alpha value is -2.22. The first-order valence-electron chi connectivity index (χ1n) is 8.70. The van der Waals surface area contributed by atoms with Crippen LogP contribution >= 0.6 is 0 Å². The topological polar surface area (TPSA) is 62.6 Å². The van der Waals surface area contributed by atoms with Crippen LogP contribution in [0.4, 0.5) is 0 Å². The molecule has 0 unspecified atom stereocenters. The number of rotatable bonds is 4. The van der Waals surface area contributed by atoms with Gasteiger partial charge in [0, 0.05) is 19.2 Å². The molecular formula is C19H24N2O3. The van der Waals surface area contributed by atoms with Crippen molar-refractivity contribution in [2.45, 2.75) is 32.1 Å². The van der Waals surface area contributed by atoms with E-state index in [2.05, 4.69) is 6.07 Å². The molecule has 1 amide bonds. The number of carbonyl (C=O) groups is 1. The van der Waals surface area contributed by atoms with Gasteiger partial charge < -0.3 is 14.4 Å². The van der Waals surface area contributed by atoms with Gasteiger partial charge in [0.15, 0.2) is 18.1 Å². The fourth-order valence-electron chi connectivity index (χ4n) is 3.91. The molecule has 1 aliphatic heterocycles. The van der Waals surface area contributed by atoms with Crippen LogP contribution in [0.2, 0.25) is 0 Å². The Balaban J connectivity index is 1.57. The number of fused-ring (bicyclic) bond motifs is 1. The molecule has 0 bridgehead atoms. The number of piperidine rings is 1. The number of methoxy groups -OCH3 is 1. The number of nitrogens with zero attached hydrogens (tertiary/aromatic N) is 2. The van der Waals surface area contributed by atoms with E-state index in [4.69, 9.17) is 14.7 Å². The molecule has 1 saturated heterocycles. The van der Waals surface area contributed by atoms with Gasteiger partial charge >= 0.3 is 0 Å². The van der Waals surface area contributed by atoms with E-state index in [0.29, 0.717) is 23.0 Å². The quantitative estimate of drug-likeness (QED) is 0.852. The number of hydrogen-bond acceptors (Lipinski definition) is 4. The Morgan fingerprint density at radius 1 is 1.25 bits per heavy atom. The minimum absolute atomic E-state index is 0.0135. The normalized spacial score (nSPS) is 23.1. The van der Waals surface area contributed by atoms with E-state index in [9.17, 15) is 4.79 Å². The first-order valence-corrected chi connectivity index (χ1v) is 8.70. The van der Waals surface area contributed by atoms with Crippen LogP contribution < -0.4 is 9.47 Å². The van der Waals surface area contributed by atoms with Gasteiger partial charge in [0.1, 0.15) is 0 Å². The van der Waals surface area contributed by atoms with E-state index in [0.717, 1.165) is 25.4 Å². The molecule has 0 radical (unpaired) electrons. The van der Waals surface area contributed by atoms with Crippen molar-refractivity contribution in [2.24, 2.45) is 11.8 Å². The Bertz CT molecular complexity index is 638. The number of amides is 1. The second-order valence-electron chi connectivity index (χ2n) is 6.70. The standard InChI is InChI=1S/C19H24N2O3/c1-23-18-10-14(11-20)6-7-17(18)24-13-19(22)21-9-8-15-4-2-3-5-16(15)12-21/h6-7,10,15-16H,2-5,8-9,12-13H2,1H3/t15-,16+/m1/s1. The molecule has 1 heterocycles. The van der Waals surface area contributed by atoms with Crippen LogP contribution in [0.1, 0.15) is 37.7 Å². The number of benzene rings is 1. The molecular weight excluding hydrogens is 304 g/mol. The Morgan fingerprint density at radius 2 is 2.04 bits per heavy atom. The zero-order chi connectivity index (χ0) is 16.9. The highest BCUT2D eigenvalue weighted by molar-refractivity contribution is 5.78. The summed E-state index contributed by atoms with van der Waals surface area (Å²) >= 11 is 0. The van der Waals surface area contributed by atoms with E-state index in [1.807, 2.05) is 4.90 Å². The zero-order valence-electron chi connectivity index (χ0n) is 14.2. The van der Waals surface area contributed by atoms with Crippen molar-refractivity contribution in [1.82, 2.24) is 4.90 Å². The molecule has 0 spiro atoms. The third-order valence-electron chi connectivity index (χ3n) is 5.29. The molecule has 2 aliphatic rings. The van der Waals surface area contributed by atoms with Gasteiger partial charge in [0.25, 0.3) is 5.91 Å². The summed E-state index contributed by atoms with van der Waals surface area (Å²) < 4.78 is 10.9. The zero-order valence-corrected chi connectivity index (χ0v) is 14.2. The van der Waals surface area contributed by atoms with Crippen molar-refractivity contribution in [3.05, 3.63) is 23.8 Å². The van der Waals surface area contributed by atoms with Gasteiger partial charge in [-0.1, -0.05) is 19.3 Å². The molecule has 0 aromatic heterocycles. The smallest absolute Gasteiger partial charge is 0.260 e. The van der Waals surface area contributed by atoms with Crippen LogP contribution in [0.15, 0.2) is 18.2 Å². The minimum atomic E-state index is 0.0135. The van der Waals surface area contributed by atoms with Crippen molar-refractivity contribution in [3.63, 3.8) is 0 Å². The van der Waals surface area contributed by atoms with Crippen molar-refractivity contribution in [1.29, 1.82) is 5.26 Å². The summed E-state index contributed by atoms with van der Waals surface area (Å²) in [5, 5.41) is 8.92. The van der Waals surface area contributed by atoms with E-state index in [-0.39, 0.29) is 12.5 Å². The van der Waals surface area contributed by atoms with Gasteiger partial charge in [0.2, 0.25) is 0 Å². The predicted molar refractivity (Wildman–Crippen MR) is 89.8 cm³/mol. The lowest BCUT2D eigenvalue weighted by Crippen LogP contribution is -2.46. The summed E-state index contributed by atoms with van der Waals surface area (Å²) in [6.45, 7) is 1.73. The van der Waals surface area contributed by atoms with Gasteiger partial charge in [-0.2, -0.15) is 5.26 Å². The largest absolute Gasteiger partial charge is 0.493 e. The average Bonchev–Trinajstić information content (AvgIpc) is 2.65. The fraction of sp³-hybridized carbons (Fsp3) is 0.579. The molecule has 24 heavy (non-hydrogen) atoms. The van der Waals surface area contributed by atoms with Gasteiger partial charge in [-0.05, 0) is 36.8 Å². The Kier molecular flexibility index (Phi) is 5.24. The minimum Gasteiger partial charge on any atom is -0.493 e. The monoisotopic (exact) mass is 328 g/mol. The Labute approximate surface area is 143 Å². The lowest BCUT2D eigenvalue weighted by Gasteiger charge is -2.41. The van der Waals surface area contributed by atoms with Crippen LogP contribution in [0.5, 0.6) is 11.5 Å². The molecule has 5 heteroatoms. The summed E-state index contributed by atoms with van der Waals surface area (Å²) in [5.74, 6) is 2.49. The highest BCUT2D eigenvalue weighted by Crippen LogP contribution is 2.36. The first kappa shape index (κ1) is 16.6. The number of ether oxygens (including phenoxy) is 2. The van der Waals surface area contributed by atoms with E-state index in [1.165, 1.54) is 32.8 Å². The summed E-state index contributed by atoms with van der Waals surface area (Å²) in [5.41, 5.74) is 0.505. The number of likely N-dealkylation sites (tertiary alicyclic amines) is 1. The summed E-state index contributed by atoms with van der Waals surface area (Å²) in [7, 11) is 1.53. The second kappa shape index (κ2) is 7.57. The van der Waals surface area contributed by atoms with E-state index in [1.54, 1.807) is 18.2 Å². The molecule has 1 aromatic rings. The second-order valence-corrected chi connectivity index (χ2v) is 6.70. The summed E-state index contributed by atoms with van der Waals surface area (Å²) in [6.07, 6.45) is 6.33. The molecule has 2 fully saturated rings. The third-order valence-corrected chi connectivity index (χ3v) is 5.29. The highest BCUT2D eigenvalue weighted by Gasteiger charge is 2.32. The lowest BCUT2D eigenvalue weighted by atomic mass is 9.75. The van der Waals surface area contributed by atoms with Gasteiger partial charge in [-0.25, -0.2) is 0 Å².